The third kappa shape index (κ3) is 3.53. The molecule has 0 aliphatic carbocycles. The molecule has 1 aromatic rings. The van der Waals surface area contributed by atoms with Gasteiger partial charge < -0.3 is 15.2 Å². The molecule has 15 heavy (non-hydrogen) atoms. The lowest BCUT2D eigenvalue weighted by Gasteiger charge is -2.09. The van der Waals surface area contributed by atoms with E-state index < -0.39 is 0 Å². The summed E-state index contributed by atoms with van der Waals surface area (Å²) in [4.78, 5) is 0. The van der Waals surface area contributed by atoms with E-state index in [2.05, 4.69) is 12.1 Å². The normalized spacial score (nSPS) is 10.3. The second kappa shape index (κ2) is 6.43. The van der Waals surface area contributed by atoms with Crippen molar-refractivity contribution in [3.63, 3.8) is 0 Å². The van der Waals surface area contributed by atoms with Gasteiger partial charge in [-0.25, -0.2) is 0 Å². The highest BCUT2D eigenvalue weighted by atomic mass is 16.5. The molecule has 0 radical (unpaired) electrons. The molecule has 84 valence electrons. The van der Waals surface area contributed by atoms with E-state index in [1.165, 1.54) is 5.56 Å². The molecule has 0 aromatic heterocycles. The van der Waals surface area contributed by atoms with Crippen molar-refractivity contribution in [2.24, 2.45) is 5.73 Å². The summed E-state index contributed by atoms with van der Waals surface area (Å²) in [5.41, 5.74) is 7.81. The summed E-state index contributed by atoms with van der Waals surface area (Å²) in [6.07, 6.45) is 2.01. The Bertz CT molecular complexity index is 300. The molecular formula is C12H19NO2. The topological polar surface area (TPSA) is 44.5 Å². The molecule has 0 aliphatic rings. The number of aryl methyl sites for hydroxylation is 1. The lowest BCUT2D eigenvalue weighted by atomic mass is 10.1. The lowest BCUT2D eigenvalue weighted by Crippen LogP contribution is -2.01. The van der Waals surface area contributed by atoms with Gasteiger partial charge in [0.15, 0.2) is 0 Å². The van der Waals surface area contributed by atoms with Gasteiger partial charge in [-0.05, 0) is 31.0 Å². The van der Waals surface area contributed by atoms with Crippen LogP contribution in [0.5, 0.6) is 5.75 Å². The Morgan fingerprint density at radius 2 is 2.07 bits per heavy atom. The average molecular weight is 209 g/mol. The first-order valence-corrected chi connectivity index (χ1v) is 5.16. The Morgan fingerprint density at radius 3 is 2.67 bits per heavy atom. The van der Waals surface area contributed by atoms with Crippen LogP contribution in [0.1, 0.15) is 17.5 Å². The first-order valence-electron chi connectivity index (χ1n) is 5.16. The second-order valence-corrected chi connectivity index (χ2v) is 3.47. The first kappa shape index (κ1) is 12.0. The number of ether oxygens (including phenoxy) is 2. The van der Waals surface area contributed by atoms with E-state index in [1.807, 2.05) is 6.07 Å². The molecule has 0 saturated carbocycles. The minimum Gasteiger partial charge on any atom is -0.496 e. The van der Waals surface area contributed by atoms with Gasteiger partial charge in [0.2, 0.25) is 0 Å². The predicted octanol–water partition coefficient (Wildman–Crippen LogP) is 1.73. The van der Waals surface area contributed by atoms with E-state index >= 15 is 0 Å². The van der Waals surface area contributed by atoms with Gasteiger partial charge in [-0.3, -0.25) is 0 Å². The standard InChI is InChI=1S/C12H19NO2/c1-14-9-11-6-5-10(4-3-7-13)8-12(11)15-2/h5-6,8H,3-4,7,9,13H2,1-2H3. The van der Waals surface area contributed by atoms with E-state index in [9.17, 15) is 0 Å². The first-order chi connectivity index (χ1) is 7.31. The molecule has 0 fully saturated rings. The largest absolute Gasteiger partial charge is 0.496 e. The highest BCUT2D eigenvalue weighted by molar-refractivity contribution is 5.37. The van der Waals surface area contributed by atoms with Crippen LogP contribution in [0.4, 0.5) is 0 Å². The van der Waals surface area contributed by atoms with Crippen LogP contribution in [0.25, 0.3) is 0 Å². The van der Waals surface area contributed by atoms with Crippen molar-refractivity contribution < 1.29 is 9.47 Å². The highest BCUT2D eigenvalue weighted by Crippen LogP contribution is 2.21. The van der Waals surface area contributed by atoms with E-state index in [4.69, 9.17) is 15.2 Å². The zero-order valence-electron chi connectivity index (χ0n) is 9.45. The number of nitrogens with two attached hydrogens (primary N) is 1. The molecule has 1 aromatic carbocycles. The molecular weight excluding hydrogens is 190 g/mol. The Kier molecular flexibility index (Phi) is 5.15. The summed E-state index contributed by atoms with van der Waals surface area (Å²) < 4.78 is 10.4. The third-order valence-corrected chi connectivity index (χ3v) is 2.32. The Balaban J connectivity index is 2.77. The quantitative estimate of drug-likeness (QED) is 0.776. The van der Waals surface area contributed by atoms with Crippen LogP contribution < -0.4 is 10.5 Å². The molecule has 1 rings (SSSR count). The summed E-state index contributed by atoms with van der Waals surface area (Å²) >= 11 is 0. The average Bonchev–Trinajstić information content (AvgIpc) is 2.28. The lowest BCUT2D eigenvalue weighted by molar-refractivity contribution is 0.181. The SMILES string of the molecule is COCc1ccc(CCCN)cc1OC. The van der Waals surface area contributed by atoms with Crippen LogP contribution in [0, 0.1) is 0 Å². The predicted molar refractivity (Wildman–Crippen MR) is 61.1 cm³/mol. The minimum atomic E-state index is 0.584. The molecule has 0 atom stereocenters. The smallest absolute Gasteiger partial charge is 0.124 e. The molecule has 0 spiro atoms. The van der Waals surface area contributed by atoms with Crippen LogP contribution in [-0.4, -0.2) is 20.8 Å². The van der Waals surface area contributed by atoms with Crippen LogP contribution in [0.3, 0.4) is 0 Å². The van der Waals surface area contributed by atoms with Gasteiger partial charge in [-0.1, -0.05) is 12.1 Å². The van der Waals surface area contributed by atoms with Crippen molar-refractivity contribution in [2.75, 3.05) is 20.8 Å². The molecule has 3 heteroatoms. The molecule has 2 N–H and O–H groups in total. The number of methoxy groups -OCH3 is 2. The zero-order chi connectivity index (χ0) is 11.1. The number of hydrogen-bond acceptors (Lipinski definition) is 3. The molecule has 0 unspecified atom stereocenters. The second-order valence-electron chi connectivity index (χ2n) is 3.47. The van der Waals surface area contributed by atoms with Crippen molar-refractivity contribution in [1.29, 1.82) is 0 Å². The maximum Gasteiger partial charge on any atom is 0.124 e. The van der Waals surface area contributed by atoms with Gasteiger partial charge in [0.05, 0.1) is 13.7 Å². The minimum absolute atomic E-state index is 0.584. The summed E-state index contributed by atoms with van der Waals surface area (Å²) in [5, 5.41) is 0. The fourth-order valence-electron chi connectivity index (χ4n) is 1.53. The van der Waals surface area contributed by atoms with E-state index in [1.54, 1.807) is 14.2 Å². The fourth-order valence-corrected chi connectivity index (χ4v) is 1.53. The van der Waals surface area contributed by atoms with Crippen LogP contribution in [0.15, 0.2) is 18.2 Å². The third-order valence-electron chi connectivity index (χ3n) is 2.32. The Labute approximate surface area is 91.2 Å². The summed E-state index contributed by atoms with van der Waals surface area (Å²) in [6.45, 7) is 1.31. The van der Waals surface area contributed by atoms with Gasteiger partial charge in [-0.15, -0.1) is 0 Å². The zero-order valence-corrected chi connectivity index (χ0v) is 9.45. The Morgan fingerprint density at radius 1 is 1.27 bits per heavy atom. The number of hydrogen-bond donors (Lipinski definition) is 1. The van der Waals surface area contributed by atoms with Crippen molar-refractivity contribution in [3.8, 4) is 5.75 Å². The fraction of sp³-hybridized carbons (Fsp3) is 0.500. The van der Waals surface area contributed by atoms with Crippen molar-refractivity contribution in [1.82, 2.24) is 0 Å². The molecule has 0 bridgehead atoms. The van der Waals surface area contributed by atoms with Gasteiger partial charge in [0.25, 0.3) is 0 Å². The van der Waals surface area contributed by atoms with Crippen molar-refractivity contribution >= 4 is 0 Å². The number of rotatable bonds is 6. The van der Waals surface area contributed by atoms with E-state index in [-0.39, 0.29) is 0 Å². The van der Waals surface area contributed by atoms with Gasteiger partial charge >= 0.3 is 0 Å². The maximum absolute atomic E-state index is 5.47. The van der Waals surface area contributed by atoms with Crippen LogP contribution in [0.2, 0.25) is 0 Å². The summed E-state index contributed by atoms with van der Waals surface area (Å²) in [5.74, 6) is 0.895. The van der Waals surface area contributed by atoms with Crippen molar-refractivity contribution in [2.45, 2.75) is 19.4 Å². The van der Waals surface area contributed by atoms with E-state index in [0.29, 0.717) is 6.61 Å². The summed E-state index contributed by atoms with van der Waals surface area (Å²) in [7, 11) is 3.36. The van der Waals surface area contributed by atoms with Crippen LogP contribution in [-0.2, 0) is 17.8 Å². The monoisotopic (exact) mass is 209 g/mol. The van der Waals surface area contributed by atoms with Gasteiger partial charge in [0.1, 0.15) is 5.75 Å². The van der Waals surface area contributed by atoms with Crippen LogP contribution >= 0.6 is 0 Å². The molecule has 0 saturated heterocycles. The van der Waals surface area contributed by atoms with E-state index in [0.717, 1.165) is 30.7 Å². The highest BCUT2D eigenvalue weighted by Gasteiger charge is 2.03. The molecule has 3 nitrogen and oxygen atoms in total. The molecule has 0 aliphatic heterocycles. The maximum atomic E-state index is 5.47. The molecule has 0 amide bonds. The number of benzene rings is 1. The summed E-state index contributed by atoms with van der Waals surface area (Å²) in [6, 6.07) is 6.21. The van der Waals surface area contributed by atoms with Crippen molar-refractivity contribution in [3.05, 3.63) is 29.3 Å². The van der Waals surface area contributed by atoms with Gasteiger partial charge in [-0.2, -0.15) is 0 Å². The van der Waals surface area contributed by atoms with Gasteiger partial charge in [0, 0.05) is 12.7 Å². The molecule has 0 heterocycles. The Hall–Kier alpha value is -1.06.